The largest absolute Gasteiger partial charge is 0.355 e. The predicted octanol–water partition coefficient (Wildman–Crippen LogP) is -0.328. The smallest absolute Gasteiger partial charge is 0.328 e. The van der Waals surface area contributed by atoms with Gasteiger partial charge in [0.05, 0.1) is 17.5 Å². The molecule has 1 aromatic carbocycles. The molecule has 1 aromatic heterocycles. The summed E-state index contributed by atoms with van der Waals surface area (Å²) in [4.78, 5) is 34.4. The number of carbonyl (C=O) groups excluding carboxylic acids is 2. The molecule has 118 valence electrons. The van der Waals surface area contributed by atoms with Crippen LogP contribution in [0.2, 0.25) is 0 Å². The summed E-state index contributed by atoms with van der Waals surface area (Å²) in [6, 6.07) is 5.54. The molecule has 0 spiro atoms. The predicted molar refractivity (Wildman–Crippen MR) is 83.6 cm³/mol. The Hall–Kier alpha value is -2.57. The Bertz CT molecular complexity index is 773. The van der Waals surface area contributed by atoms with Crippen LogP contribution < -0.4 is 16.3 Å². The molecule has 2 aromatic rings. The molecule has 2 N–H and O–H groups in total. The van der Waals surface area contributed by atoms with Crippen molar-refractivity contribution in [2.75, 3.05) is 13.1 Å². The number of aromatic nitrogens is 2. The summed E-state index contributed by atoms with van der Waals surface area (Å²) in [5, 5.41) is 5.35. The Kier molecular flexibility index (Phi) is 4.65. The van der Waals surface area contributed by atoms with E-state index in [9.17, 15) is 14.4 Å². The highest BCUT2D eigenvalue weighted by Crippen LogP contribution is 2.14. The lowest BCUT2D eigenvalue weighted by Crippen LogP contribution is -2.34. The van der Waals surface area contributed by atoms with Crippen LogP contribution in [0, 0.1) is 0 Å². The van der Waals surface area contributed by atoms with Crippen molar-refractivity contribution in [1.29, 1.82) is 0 Å². The number of rotatable bonds is 5. The van der Waals surface area contributed by atoms with Crippen LogP contribution in [0.25, 0.3) is 11.0 Å². The molecule has 0 aliphatic carbocycles. The maximum atomic E-state index is 11.9. The molecule has 0 saturated heterocycles. The average Bonchev–Trinajstić information content (AvgIpc) is 2.68. The van der Waals surface area contributed by atoms with Crippen LogP contribution in [0.4, 0.5) is 0 Å². The van der Waals surface area contributed by atoms with Crippen molar-refractivity contribution in [2.45, 2.75) is 13.3 Å². The van der Waals surface area contributed by atoms with Crippen molar-refractivity contribution in [2.24, 2.45) is 14.1 Å². The van der Waals surface area contributed by atoms with E-state index < -0.39 is 0 Å². The fraction of sp³-hybridized carbons (Fsp3) is 0.400. The molecule has 0 aliphatic rings. The summed E-state index contributed by atoms with van der Waals surface area (Å²) in [7, 11) is 3.43. The van der Waals surface area contributed by atoms with Crippen LogP contribution in [-0.4, -0.2) is 34.0 Å². The minimum atomic E-state index is -0.121. The summed E-state index contributed by atoms with van der Waals surface area (Å²) < 4.78 is 3.14. The van der Waals surface area contributed by atoms with Crippen LogP contribution in [0.3, 0.4) is 0 Å². The maximum absolute atomic E-state index is 11.9. The lowest BCUT2D eigenvalue weighted by molar-refractivity contribution is -0.121. The molecule has 0 aliphatic heterocycles. The van der Waals surface area contributed by atoms with E-state index in [0.29, 0.717) is 13.1 Å². The summed E-state index contributed by atoms with van der Waals surface area (Å²) in [5.74, 6) is -0.240. The van der Waals surface area contributed by atoms with Gasteiger partial charge in [-0.15, -0.1) is 0 Å². The van der Waals surface area contributed by atoms with Gasteiger partial charge in [-0.2, -0.15) is 0 Å². The van der Waals surface area contributed by atoms with Gasteiger partial charge in [-0.25, -0.2) is 4.79 Å². The van der Waals surface area contributed by atoms with Crippen molar-refractivity contribution in [3.05, 3.63) is 34.2 Å². The van der Waals surface area contributed by atoms with Gasteiger partial charge in [-0.05, 0) is 17.7 Å². The Labute approximate surface area is 127 Å². The zero-order valence-electron chi connectivity index (χ0n) is 13.0. The summed E-state index contributed by atoms with van der Waals surface area (Å²) in [6.07, 6.45) is 0.235. The van der Waals surface area contributed by atoms with Crippen molar-refractivity contribution in [3.8, 4) is 0 Å². The summed E-state index contributed by atoms with van der Waals surface area (Å²) in [6.45, 7) is 2.24. The number of hydrogen-bond acceptors (Lipinski definition) is 3. The molecule has 22 heavy (non-hydrogen) atoms. The third kappa shape index (κ3) is 3.36. The normalized spacial score (nSPS) is 10.7. The van der Waals surface area contributed by atoms with Crippen LogP contribution >= 0.6 is 0 Å². The molecule has 0 saturated carbocycles. The number of hydrogen-bond donors (Lipinski definition) is 2. The highest BCUT2D eigenvalue weighted by molar-refractivity contribution is 5.82. The standard InChI is InChI=1S/C15H20N4O3/c1-10(20)16-6-7-17-14(21)9-11-4-5-12-13(8-11)19(3)15(22)18(12)2/h4-5,8H,6-7,9H2,1-3H3,(H,16,20)(H,17,21). The summed E-state index contributed by atoms with van der Waals surface area (Å²) >= 11 is 0. The van der Waals surface area contributed by atoms with E-state index in [1.165, 1.54) is 6.92 Å². The first-order valence-electron chi connectivity index (χ1n) is 7.05. The Balaban J connectivity index is 2.03. The molecule has 7 nitrogen and oxygen atoms in total. The second-order valence-corrected chi connectivity index (χ2v) is 5.23. The van der Waals surface area contributed by atoms with Crippen LogP contribution in [0.1, 0.15) is 12.5 Å². The highest BCUT2D eigenvalue weighted by Gasteiger charge is 2.10. The first kappa shape index (κ1) is 15.8. The molecule has 0 bridgehead atoms. The number of fused-ring (bicyclic) bond motifs is 1. The average molecular weight is 304 g/mol. The van der Waals surface area contributed by atoms with Gasteiger partial charge in [0.25, 0.3) is 0 Å². The first-order chi connectivity index (χ1) is 10.4. The Morgan fingerprint density at radius 3 is 2.36 bits per heavy atom. The third-order valence-electron chi connectivity index (χ3n) is 3.52. The fourth-order valence-electron chi connectivity index (χ4n) is 2.35. The van der Waals surface area contributed by atoms with E-state index in [1.54, 1.807) is 23.2 Å². The van der Waals surface area contributed by atoms with Gasteiger partial charge in [0.15, 0.2) is 0 Å². The molecular formula is C15H20N4O3. The minimum absolute atomic E-state index is 0.0908. The lowest BCUT2D eigenvalue weighted by Gasteiger charge is -2.06. The first-order valence-corrected chi connectivity index (χ1v) is 7.05. The number of amides is 2. The van der Waals surface area contributed by atoms with Crippen LogP contribution in [0.15, 0.2) is 23.0 Å². The van der Waals surface area contributed by atoms with E-state index >= 15 is 0 Å². The molecule has 1 heterocycles. The molecule has 7 heteroatoms. The van der Waals surface area contributed by atoms with Gasteiger partial charge in [0.2, 0.25) is 11.8 Å². The Morgan fingerprint density at radius 2 is 1.68 bits per heavy atom. The highest BCUT2D eigenvalue weighted by atomic mass is 16.2. The van der Waals surface area contributed by atoms with E-state index in [-0.39, 0.29) is 23.9 Å². The fourth-order valence-corrected chi connectivity index (χ4v) is 2.35. The van der Waals surface area contributed by atoms with Crippen molar-refractivity contribution in [1.82, 2.24) is 19.8 Å². The van der Waals surface area contributed by atoms with Crippen LogP contribution in [0.5, 0.6) is 0 Å². The molecule has 0 fully saturated rings. The van der Waals surface area contributed by atoms with Crippen molar-refractivity contribution in [3.63, 3.8) is 0 Å². The van der Waals surface area contributed by atoms with Crippen molar-refractivity contribution < 1.29 is 9.59 Å². The van der Waals surface area contributed by atoms with Gasteiger partial charge < -0.3 is 10.6 Å². The van der Waals surface area contributed by atoms with Crippen molar-refractivity contribution >= 4 is 22.8 Å². The number of carbonyl (C=O) groups is 2. The van der Waals surface area contributed by atoms with E-state index in [0.717, 1.165) is 16.6 Å². The number of aryl methyl sites for hydroxylation is 2. The molecule has 0 atom stereocenters. The van der Waals surface area contributed by atoms with Gasteiger partial charge >= 0.3 is 5.69 Å². The topological polar surface area (TPSA) is 85.1 Å². The zero-order chi connectivity index (χ0) is 16.3. The lowest BCUT2D eigenvalue weighted by atomic mass is 10.1. The molecule has 2 amide bonds. The second kappa shape index (κ2) is 6.46. The number of benzene rings is 1. The molecule has 0 unspecified atom stereocenters. The summed E-state index contributed by atoms with van der Waals surface area (Å²) in [5.41, 5.74) is 2.39. The number of nitrogens with zero attached hydrogens (tertiary/aromatic N) is 2. The SMILES string of the molecule is CC(=O)NCCNC(=O)Cc1ccc2c(c1)n(C)c(=O)n2C. The zero-order valence-corrected chi connectivity index (χ0v) is 13.0. The Morgan fingerprint density at radius 1 is 1.05 bits per heavy atom. The van der Waals surface area contributed by atoms with Gasteiger partial charge in [0.1, 0.15) is 0 Å². The maximum Gasteiger partial charge on any atom is 0.328 e. The van der Waals surface area contributed by atoms with Crippen LogP contribution in [-0.2, 0) is 30.1 Å². The van der Waals surface area contributed by atoms with E-state index in [1.807, 2.05) is 18.2 Å². The molecule has 2 rings (SSSR count). The monoisotopic (exact) mass is 304 g/mol. The second-order valence-electron chi connectivity index (χ2n) is 5.23. The van der Waals surface area contributed by atoms with Gasteiger partial charge in [-0.1, -0.05) is 6.07 Å². The van der Waals surface area contributed by atoms with E-state index in [2.05, 4.69) is 10.6 Å². The number of imidazole rings is 1. The number of nitrogens with one attached hydrogen (secondary N) is 2. The molecular weight excluding hydrogens is 284 g/mol. The minimum Gasteiger partial charge on any atom is -0.355 e. The molecule has 0 radical (unpaired) electrons. The third-order valence-corrected chi connectivity index (χ3v) is 3.52. The van der Waals surface area contributed by atoms with Gasteiger partial charge in [0, 0.05) is 34.1 Å². The van der Waals surface area contributed by atoms with Gasteiger partial charge in [-0.3, -0.25) is 18.7 Å². The quantitative estimate of drug-likeness (QED) is 0.742. The van der Waals surface area contributed by atoms with E-state index in [4.69, 9.17) is 0 Å².